The quantitative estimate of drug-likeness (QED) is 0.609. The summed E-state index contributed by atoms with van der Waals surface area (Å²) in [5.41, 5.74) is 0.331. The van der Waals surface area contributed by atoms with Gasteiger partial charge in [-0.25, -0.2) is 4.79 Å². The predicted molar refractivity (Wildman–Crippen MR) is 98.0 cm³/mol. The van der Waals surface area contributed by atoms with Crippen molar-refractivity contribution in [3.8, 4) is 0 Å². The number of carbonyl (C=O) groups excluding carboxylic acids is 2. The number of hydrogen-bond donors (Lipinski definition) is 2. The Morgan fingerprint density at radius 2 is 1.42 bits per heavy atom. The second-order valence-electron chi connectivity index (χ2n) is 5.27. The van der Waals surface area contributed by atoms with Crippen molar-refractivity contribution >= 4 is 17.9 Å². The van der Waals surface area contributed by atoms with Crippen LogP contribution in [0.4, 0.5) is 0 Å². The number of esters is 2. The Balaban J connectivity index is 0.000000374. The molecule has 146 valence electrons. The summed E-state index contributed by atoms with van der Waals surface area (Å²) in [6, 6.07) is 8.30. The molecule has 26 heavy (non-hydrogen) atoms. The standard InChI is InChI=1S/C7H12O4.C7H6O2.C5H11N/c1-3-10-6(8)5-7(9)11-4-2;8-7(9)6-4-2-1-3-5-6;1-2-4-6-5-3-1/h3-5H2,1-2H3;1-5H,(H,8,9);6H,1-5H2. The first-order chi connectivity index (χ1) is 12.5. The smallest absolute Gasteiger partial charge is 0.335 e. The molecule has 0 bridgehead atoms. The van der Waals surface area contributed by atoms with E-state index >= 15 is 0 Å². The first-order valence-corrected chi connectivity index (χ1v) is 8.81. The number of nitrogens with one attached hydrogen (secondary N) is 1. The van der Waals surface area contributed by atoms with Crippen LogP contribution in [0.25, 0.3) is 0 Å². The van der Waals surface area contributed by atoms with Crippen molar-refractivity contribution in [1.29, 1.82) is 0 Å². The van der Waals surface area contributed by atoms with Crippen LogP contribution in [0.5, 0.6) is 0 Å². The molecule has 1 aliphatic heterocycles. The molecule has 0 aromatic heterocycles. The Kier molecular flexibility index (Phi) is 14.6. The van der Waals surface area contributed by atoms with Gasteiger partial charge in [0.25, 0.3) is 0 Å². The molecular formula is C19H29NO6. The fraction of sp³-hybridized carbons (Fsp3) is 0.526. The lowest BCUT2D eigenvalue weighted by Crippen LogP contribution is -2.21. The third-order valence-corrected chi connectivity index (χ3v) is 3.13. The summed E-state index contributed by atoms with van der Waals surface area (Å²) in [6.07, 6.45) is 3.93. The van der Waals surface area contributed by atoms with E-state index in [0.717, 1.165) is 0 Å². The summed E-state index contributed by atoms with van der Waals surface area (Å²) in [4.78, 5) is 31.4. The molecular weight excluding hydrogens is 338 g/mol. The molecule has 0 amide bonds. The molecule has 7 nitrogen and oxygen atoms in total. The van der Waals surface area contributed by atoms with Gasteiger partial charge in [0, 0.05) is 0 Å². The van der Waals surface area contributed by atoms with Crippen LogP contribution in [0.1, 0.15) is 49.9 Å². The first kappa shape index (κ1) is 23.6. The van der Waals surface area contributed by atoms with Gasteiger partial charge in [-0.3, -0.25) is 9.59 Å². The van der Waals surface area contributed by atoms with Crippen LogP contribution in [0.3, 0.4) is 0 Å². The van der Waals surface area contributed by atoms with Crippen LogP contribution in [0, 0.1) is 0 Å². The Bertz CT molecular complexity index is 487. The number of hydrogen-bond acceptors (Lipinski definition) is 6. The molecule has 1 aromatic carbocycles. The van der Waals surface area contributed by atoms with Crippen molar-refractivity contribution in [2.45, 2.75) is 39.5 Å². The normalized spacial score (nSPS) is 12.4. The fourth-order valence-electron chi connectivity index (χ4n) is 1.92. The zero-order chi connectivity index (χ0) is 19.6. The van der Waals surface area contributed by atoms with E-state index in [4.69, 9.17) is 5.11 Å². The third-order valence-electron chi connectivity index (χ3n) is 3.13. The molecule has 0 radical (unpaired) electrons. The van der Waals surface area contributed by atoms with E-state index in [9.17, 15) is 14.4 Å². The minimum Gasteiger partial charge on any atom is -0.478 e. The van der Waals surface area contributed by atoms with Gasteiger partial charge >= 0.3 is 17.9 Å². The van der Waals surface area contributed by atoms with E-state index in [0.29, 0.717) is 5.56 Å². The van der Waals surface area contributed by atoms with Gasteiger partial charge < -0.3 is 19.9 Å². The minimum absolute atomic E-state index is 0.290. The van der Waals surface area contributed by atoms with E-state index in [-0.39, 0.29) is 19.6 Å². The second kappa shape index (κ2) is 16.1. The van der Waals surface area contributed by atoms with E-state index in [1.54, 1.807) is 44.2 Å². The van der Waals surface area contributed by atoms with Crippen LogP contribution >= 0.6 is 0 Å². The number of rotatable bonds is 5. The molecule has 0 saturated carbocycles. The van der Waals surface area contributed by atoms with E-state index < -0.39 is 17.9 Å². The molecule has 0 unspecified atom stereocenters. The largest absolute Gasteiger partial charge is 0.478 e. The molecule has 0 atom stereocenters. The molecule has 1 heterocycles. The summed E-state index contributed by atoms with van der Waals surface area (Å²) < 4.78 is 9.04. The summed E-state index contributed by atoms with van der Waals surface area (Å²) in [5, 5.41) is 11.7. The van der Waals surface area contributed by atoms with Crippen molar-refractivity contribution in [2.24, 2.45) is 0 Å². The highest BCUT2D eigenvalue weighted by Gasteiger charge is 2.09. The molecule has 7 heteroatoms. The molecule has 1 aliphatic rings. The van der Waals surface area contributed by atoms with Gasteiger partial charge in [0.15, 0.2) is 0 Å². The van der Waals surface area contributed by atoms with Gasteiger partial charge in [0.1, 0.15) is 6.42 Å². The number of ether oxygens (including phenoxy) is 2. The van der Waals surface area contributed by atoms with Gasteiger partial charge in [0.05, 0.1) is 18.8 Å². The topological polar surface area (TPSA) is 102 Å². The molecule has 0 aliphatic carbocycles. The van der Waals surface area contributed by atoms with Crippen LogP contribution < -0.4 is 5.32 Å². The Labute approximate surface area is 154 Å². The number of carboxylic acid groups (broad SMARTS) is 1. The van der Waals surface area contributed by atoms with Crippen molar-refractivity contribution in [3.63, 3.8) is 0 Å². The van der Waals surface area contributed by atoms with Crippen LogP contribution in [-0.4, -0.2) is 49.3 Å². The molecule has 0 spiro atoms. The summed E-state index contributed by atoms with van der Waals surface area (Å²) in [5.74, 6) is -1.95. The Morgan fingerprint density at radius 1 is 0.923 bits per heavy atom. The zero-order valence-corrected chi connectivity index (χ0v) is 15.5. The number of aromatic carboxylic acids is 1. The molecule has 1 fully saturated rings. The second-order valence-corrected chi connectivity index (χ2v) is 5.27. The number of benzene rings is 1. The predicted octanol–water partition coefficient (Wildman–Crippen LogP) is 2.65. The fourth-order valence-corrected chi connectivity index (χ4v) is 1.92. The number of carbonyl (C=O) groups is 3. The highest BCUT2D eigenvalue weighted by Crippen LogP contribution is 1.97. The third kappa shape index (κ3) is 14.0. The van der Waals surface area contributed by atoms with Crippen molar-refractivity contribution in [2.75, 3.05) is 26.3 Å². The maximum absolute atomic E-state index is 10.6. The lowest BCUT2D eigenvalue weighted by molar-refractivity contribution is -0.153. The maximum atomic E-state index is 10.6. The van der Waals surface area contributed by atoms with Crippen LogP contribution in [-0.2, 0) is 19.1 Å². The lowest BCUT2D eigenvalue weighted by atomic mass is 10.2. The van der Waals surface area contributed by atoms with E-state index in [1.807, 2.05) is 0 Å². The van der Waals surface area contributed by atoms with Crippen molar-refractivity contribution < 1.29 is 29.0 Å². The minimum atomic E-state index is -0.879. The van der Waals surface area contributed by atoms with Crippen molar-refractivity contribution in [3.05, 3.63) is 35.9 Å². The van der Waals surface area contributed by atoms with Gasteiger partial charge in [-0.05, 0) is 51.9 Å². The molecule has 2 N–H and O–H groups in total. The van der Waals surface area contributed by atoms with Gasteiger partial charge in [-0.15, -0.1) is 0 Å². The van der Waals surface area contributed by atoms with Crippen LogP contribution in [0.15, 0.2) is 30.3 Å². The number of piperidine rings is 1. The van der Waals surface area contributed by atoms with Gasteiger partial charge in [0.2, 0.25) is 0 Å². The van der Waals surface area contributed by atoms with Gasteiger partial charge in [-0.2, -0.15) is 0 Å². The SMILES string of the molecule is C1CCNCC1.CCOC(=O)CC(=O)OCC.O=C(O)c1ccccc1. The zero-order valence-electron chi connectivity index (χ0n) is 15.5. The van der Waals surface area contributed by atoms with Crippen molar-refractivity contribution in [1.82, 2.24) is 5.32 Å². The van der Waals surface area contributed by atoms with Gasteiger partial charge in [-0.1, -0.05) is 24.6 Å². The highest BCUT2D eigenvalue weighted by molar-refractivity contribution is 5.91. The highest BCUT2D eigenvalue weighted by atomic mass is 16.5. The van der Waals surface area contributed by atoms with Crippen LogP contribution in [0.2, 0.25) is 0 Å². The van der Waals surface area contributed by atoms with E-state index in [2.05, 4.69) is 14.8 Å². The Morgan fingerprint density at radius 3 is 1.69 bits per heavy atom. The summed E-state index contributed by atoms with van der Waals surface area (Å²) >= 11 is 0. The van der Waals surface area contributed by atoms with E-state index in [1.165, 1.54) is 32.4 Å². The summed E-state index contributed by atoms with van der Waals surface area (Å²) in [7, 11) is 0. The summed E-state index contributed by atoms with van der Waals surface area (Å²) in [6.45, 7) is 6.45. The average molecular weight is 367 g/mol. The number of carboxylic acids is 1. The molecule has 2 rings (SSSR count). The molecule has 1 saturated heterocycles. The lowest BCUT2D eigenvalue weighted by Gasteiger charge is -2.08. The Hall–Kier alpha value is -2.41. The maximum Gasteiger partial charge on any atom is 0.335 e. The molecule has 1 aromatic rings. The monoisotopic (exact) mass is 367 g/mol. The first-order valence-electron chi connectivity index (χ1n) is 8.81. The average Bonchev–Trinajstić information content (AvgIpc) is 2.65.